The van der Waals surface area contributed by atoms with Gasteiger partial charge >= 0.3 is 0 Å². The van der Waals surface area contributed by atoms with E-state index in [1.165, 1.54) is 27.3 Å². The molecule has 0 N–H and O–H groups in total. The zero-order chi connectivity index (χ0) is 14.4. The molecule has 0 aliphatic rings. The van der Waals surface area contributed by atoms with E-state index >= 15 is 0 Å². The minimum absolute atomic E-state index is 0.670. The highest BCUT2D eigenvalue weighted by Crippen LogP contribution is 2.30. The van der Waals surface area contributed by atoms with Gasteiger partial charge < -0.3 is 0 Å². The van der Waals surface area contributed by atoms with Crippen molar-refractivity contribution in [3.63, 3.8) is 0 Å². The molecule has 0 aliphatic carbocycles. The van der Waals surface area contributed by atoms with E-state index in [-0.39, 0.29) is 0 Å². The third kappa shape index (κ3) is 4.92. The van der Waals surface area contributed by atoms with Gasteiger partial charge in [0.15, 0.2) is 0 Å². The Morgan fingerprint density at radius 3 is 1.80 bits per heavy atom. The fourth-order valence-corrected chi connectivity index (χ4v) is 4.13. The fourth-order valence-electron chi connectivity index (χ4n) is 1.87. The maximum Gasteiger partial charge on any atom is 0.0186 e. The molecular formula is C18H22S2. The second-order valence-electron chi connectivity index (χ2n) is 5.09. The third-order valence-corrected chi connectivity index (χ3v) is 6.00. The number of hydrogen-bond acceptors (Lipinski definition) is 2. The van der Waals surface area contributed by atoms with Crippen LogP contribution in [0.4, 0.5) is 0 Å². The normalized spacial score (nSPS) is 12.3. The van der Waals surface area contributed by atoms with Crippen molar-refractivity contribution >= 4 is 23.5 Å². The van der Waals surface area contributed by atoms with E-state index in [0.29, 0.717) is 5.25 Å². The minimum atomic E-state index is 0.670. The van der Waals surface area contributed by atoms with E-state index in [2.05, 4.69) is 69.3 Å². The molecule has 0 spiro atoms. The van der Waals surface area contributed by atoms with Crippen molar-refractivity contribution in [1.82, 2.24) is 0 Å². The van der Waals surface area contributed by atoms with Crippen molar-refractivity contribution < 1.29 is 0 Å². The highest BCUT2D eigenvalue weighted by molar-refractivity contribution is 8.03. The molecule has 0 aliphatic heterocycles. The SMILES string of the molecule is CCC(CSc1ccc(C)cc1)Sc1ccc(C)cc1. The Labute approximate surface area is 131 Å². The number of thioether (sulfide) groups is 2. The molecule has 0 heterocycles. The average Bonchev–Trinajstić information content (AvgIpc) is 2.47. The molecule has 0 aromatic heterocycles. The summed E-state index contributed by atoms with van der Waals surface area (Å²) < 4.78 is 0. The fraction of sp³-hybridized carbons (Fsp3) is 0.333. The van der Waals surface area contributed by atoms with Gasteiger partial charge in [0, 0.05) is 20.8 Å². The van der Waals surface area contributed by atoms with Crippen molar-refractivity contribution in [2.45, 2.75) is 42.2 Å². The van der Waals surface area contributed by atoms with Crippen molar-refractivity contribution in [2.24, 2.45) is 0 Å². The molecule has 2 heteroatoms. The number of rotatable bonds is 6. The Balaban J connectivity index is 1.88. The van der Waals surface area contributed by atoms with Crippen LogP contribution in [0.5, 0.6) is 0 Å². The first kappa shape index (κ1) is 15.5. The van der Waals surface area contributed by atoms with Crippen molar-refractivity contribution in [3.05, 3.63) is 59.7 Å². The summed E-state index contributed by atoms with van der Waals surface area (Å²) in [6, 6.07) is 17.7. The molecular weight excluding hydrogens is 280 g/mol. The Morgan fingerprint density at radius 2 is 1.30 bits per heavy atom. The summed E-state index contributed by atoms with van der Waals surface area (Å²) in [7, 11) is 0. The van der Waals surface area contributed by atoms with Crippen LogP contribution in [0, 0.1) is 13.8 Å². The van der Waals surface area contributed by atoms with E-state index in [9.17, 15) is 0 Å². The molecule has 106 valence electrons. The molecule has 0 bridgehead atoms. The molecule has 0 fully saturated rings. The predicted octanol–water partition coefficient (Wildman–Crippen LogP) is 5.97. The highest BCUT2D eigenvalue weighted by atomic mass is 32.2. The maximum atomic E-state index is 2.28. The number of benzene rings is 2. The van der Waals surface area contributed by atoms with Gasteiger partial charge in [-0.1, -0.05) is 42.3 Å². The molecule has 2 aromatic carbocycles. The Hall–Kier alpha value is -0.860. The van der Waals surface area contributed by atoms with Crippen molar-refractivity contribution in [1.29, 1.82) is 0 Å². The van der Waals surface area contributed by atoms with E-state index < -0.39 is 0 Å². The number of hydrogen-bond donors (Lipinski definition) is 0. The largest absolute Gasteiger partial charge is 0.125 e. The lowest BCUT2D eigenvalue weighted by Gasteiger charge is -2.14. The summed E-state index contributed by atoms with van der Waals surface area (Å²) >= 11 is 3.96. The Kier molecular flexibility index (Phi) is 6.06. The zero-order valence-corrected chi connectivity index (χ0v) is 14.1. The molecule has 1 unspecified atom stereocenters. The van der Waals surface area contributed by atoms with Gasteiger partial charge in [-0.05, 0) is 44.5 Å². The Morgan fingerprint density at radius 1 is 0.800 bits per heavy atom. The van der Waals surface area contributed by atoms with Gasteiger partial charge in [-0.2, -0.15) is 0 Å². The summed E-state index contributed by atoms with van der Waals surface area (Å²) in [5, 5.41) is 0.670. The Bertz CT molecular complexity index is 514. The summed E-state index contributed by atoms with van der Waals surface area (Å²) in [5.41, 5.74) is 2.66. The van der Waals surface area contributed by atoms with Gasteiger partial charge in [-0.3, -0.25) is 0 Å². The predicted molar refractivity (Wildman–Crippen MR) is 93.0 cm³/mol. The van der Waals surface area contributed by atoms with Crippen LogP contribution in [-0.2, 0) is 0 Å². The second kappa shape index (κ2) is 7.80. The molecule has 0 saturated heterocycles. The summed E-state index contributed by atoms with van der Waals surface area (Å²) in [4.78, 5) is 2.76. The molecule has 0 nitrogen and oxygen atoms in total. The van der Waals surface area contributed by atoms with E-state index in [0.717, 1.165) is 5.75 Å². The lowest BCUT2D eigenvalue weighted by atomic mass is 10.2. The van der Waals surface area contributed by atoms with Gasteiger partial charge in [0.05, 0.1) is 0 Å². The molecule has 2 aromatic rings. The van der Waals surface area contributed by atoms with Gasteiger partial charge in [-0.15, -0.1) is 23.5 Å². The van der Waals surface area contributed by atoms with Crippen LogP contribution in [0.3, 0.4) is 0 Å². The van der Waals surface area contributed by atoms with Gasteiger partial charge in [-0.25, -0.2) is 0 Å². The first-order valence-corrected chi connectivity index (χ1v) is 8.96. The smallest absolute Gasteiger partial charge is 0.0186 e. The zero-order valence-electron chi connectivity index (χ0n) is 12.4. The van der Waals surface area contributed by atoms with Gasteiger partial charge in [0.1, 0.15) is 0 Å². The third-order valence-electron chi connectivity index (χ3n) is 3.24. The monoisotopic (exact) mass is 302 g/mol. The van der Waals surface area contributed by atoms with Crippen molar-refractivity contribution in [2.75, 3.05) is 5.75 Å². The lowest BCUT2D eigenvalue weighted by Crippen LogP contribution is -2.04. The van der Waals surface area contributed by atoms with Crippen LogP contribution in [0.25, 0.3) is 0 Å². The molecule has 20 heavy (non-hydrogen) atoms. The summed E-state index contributed by atoms with van der Waals surface area (Å²) in [6.07, 6.45) is 1.21. The molecule has 1 atom stereocenters. The first-order chi connectivity index (χ1) is 9.67. The topological polar surface area (TPSA) is 0 Å². The summed E-state index contributed by atoms with van der Waals surface area (Å²) in [5.74, 6) is 1.16. The molecule has 0 radical (unpaired) electrons. The van der Waals surface area contributed by atoms with Crippen LogP contribution in [0.2, 0.25) is 0 Å². The van der Waals surface area contributed by atoms with Crippen LogP contribution >= 0.6 is 23.5 Å². The van der Waals surface area contributed by atoms with Crippen LogP contribution in [-0.4, -0.2) is 11.0 Å². The average molecular weight is 303 g/mol. The molecule has 2 rings (SSSR count). The lowest BCUT2D eigenvalue weighted by molar-refractivity contribution is 0.915. The van der Waals surface area contributed by atoms with Crippen LogP contribution < -0.4 is 0 Å². The maximum absolute atomic E-state index is 2.28. The standard InChI is InChI=1S/C18H22S2/c1-4-16(20-18-11-7-15(3)8-12-18)13-19-17-9-5-14(2)6-10-17/h5-12,16H,4,13H2,1-3H3. The van der Waals surface area contributed by atoms with Crippen LogP contribution in [0.15, 0.2) is 58.3 Å². The highest BCUT2D eigenvalue weighted by Gasteiger charge is 2.09. The van der Waals surface area contributed by atoms with Gasteiger partial charge in [0.2, 0.25) is 0 Å². The van der Waals surface area contributed by atoms with Crippen molar-refractivity contribution in [3.8, 4) is 0 Å². The number of aryl methyl sites for hydroxylation is 2. The quantitative estimate of drug-likeness (QED) is 0.603. The van der Waals surface area contributed by atoms with E-state index in [1.807, 2.05) is 23.5 Å². The second-order valence-corrected chi connectivity index (χ2v) is 7.55. The van der Waals surface area contributed by atoms with Crippen LogP contribution in [0.1, 0.15) is 24.5 Å². The summed E-state index contributed by atoms with van der Waals surface area (Å²) in [6.45, 7) is 6.55. The van der Waals surface area contributed by atoms with E-state index in [4.69, 9.17) is 0 Å². The molecule has 0 amide bonds. The molecule has 0 saturated carbocycles. The first-order valence-electron chi connectivity index (χ1n) is 7.10. The van der Waals surface area contributed by atoms with E-state index in [1.54, 1.807) is 0 Å². The van der Waals surface area contributed by atoms with Gasteiger partial charge in [0.25, 0.3) is 0 Å². The minimum Gasteiger partial charge on any atom is -0.125 e.